The quantitative estimate of drug-likeness (QED) is 0.553. The summed E-state index contributed by atoms with van der Waals surface area (Å²) in [6.45, 7) is 2.70. The van der Waals surface area contributed by atoms with Crippen molar-refractivity contribution in [2.45, 2.75) is 10.6 Å². The van der Waals surface area contributed by atoms with E-state index in [1.807, 2.05) is 24.3 Å². The van der Waals surface area contributed by atoms with Gasteiger partial charge in [-0.15, -0.1) is 0 Å². The SMILES string of the molecule is COc1ccc(N2CCN(C(=O)c3ccc(CS(=O)c4ccc(Cl)cc4)o3)CC2)cc1. The van der Waals surface area contributed by atoms with E-state index in [1.165, 1.54) is 0 Å². The molecular formula is C23H23ClN2O4S. The van der Waals surface area contributed by atoms with Crippen LogP contribution in [0.3, 0.4) is 0 Å². The molecule has 1 saturated heterocycles. The van der Waals surface area contributed by atoms with E-state index >= 15 is 0 Å². The Morgan fingerprint density at radius 2 is 1.68 bits per heavy atom. The summed E-state index contributed by atoms with van der Waals surface area (Å²) in [5.74, 6) is 1.69. The lowest BCUT2D eigenvalue weighted by molar-refractivity contribution is 0.0713. The van der Waals surface area contributed by atoms with Gasteiger partial charge in [-0.2, -0.15) is 0 Å². The molecule has 3 aromatic rings. The molecule has 1 aliphatic rings. The van der Waals surface area contributed by atoms with Crippen LogP contribution in [0.1, 0.15) is 16.3 Å². The van der Waals surface area contributed by atoms with Crippen molar-refractivity contribution in [2.24, 2.45) is 0 Å². The highest BCUT2D eigenvalue weighted by atomic mass is 35.5. The normalized spacial score (nSPS) is 15.0. The van der Waals surface area contributed by atoms with Crippen LogP contribution in [0, 0.1) is 0 Å². The monoisotopic (exact) mass is 458 g/mol. The third-order valence-corrected chi connectivity index (χ3v) is 6.82. The van der Waals surface area contributed by atoms with Gasteiger partial charge in [-0.3, -0.25) is 9.00 Å². The van der Waals surface area contributed by atoms with Crippen LogP contribution in [0.25, 0.3) is 0 Å². The number of amides is 1. The Kier molecular flexibility index (Phi) is 6.63. The highest BCUT2D eigenvalue weighted by Crippen LogP contribution is 2.22. The van der Waals surface area contributed by atoms with E-state index in [0.717, 1.165) is 24.5 Å². The third kappa shape index (κ3) is 5.11. The summed E-state index contributed by atoms with van der Waals surface area (Å²) >= 11 is 5.88. The zero-order valence-electron chi connectivity index (χ0n) is 17.1. The number of nitrogens with zero attached hydrogens (tertiary/aromatic N) is 2. The predicted molar refractivity (Wildman–Crippen MR) is 121 cm³/mol. The van der Waals surface area contributed by atoms with E-state index in [0.29, 0.717) is 28.8 Å². The summed E-state index contributed by atoms with van der Waals surface area (Å²) < 4.78 is 23.4. The van der Waals surface area contributed by atoms with Gasteiger partial charge in [-0.1, -0.05) is 11.6 Å². The Balaban J connectivity index is 1.33. The number of halogens is 1. The molecule has 1 aliphatic heterocycles. The topological polar surface area (TPSA) is 63.0 Å². The zero-order valence-corrected chi connectivity index (χ0v) is 18.7. The van der Waals surface area contributed by atoms with Crippen molar-refractivity contribution in [3.8, 4) is 5.75 Å². The summed E-state index contributed by atoms with van der Waals surface area (Å²) in [5, 5.41) is 0.596. The smallest absolute Gasteiger partial charge is 0.289 e. The number of hydrogen-bond acceptors (Lipinski definition) is 5. The Morgan fingerprint density at radius 3 is 2.32 bits per heavy atom. The minimum absolute atomic E-state index is 0.141. The highest BCUT2D eigenvalue weighted by molar-refractivity contribution is 7.84. The zero-order chi connectivity index (χ0) is 21.8. The lowest BCUT2D eigenvalue weighted by Gasteiger charge is -2.35. The van der Waals surface area contributed by atoms with Crippen LogP contribution in [-0.2, 0) is 16.6 Å². The molecule has 1 atom stereocenters. The molecule has 162 valence electrons. The van der Waals surface area contributed by atoms with Crippen molar-refractivity contribution in [2.75, 3.05) is 38.2 Å². The lowest BCUT2D eigenvalue weighted by Crippen LogP contribution is -2.48. The maximum Gasteiger partial charge on any atom is 0.289 e. The van der Waals surface area contributed by atoms with Gasteiger partial charge in [0, 0.05) is 41.8 Å². The van der Waals surface area contributed by atoms with Crippen molar-refractivity contribution in [3.05, 3.63) is 77.2 Å². The molecule has 0 N–H and O–H groups in total. The first-order chi connectivity index (χ1) is 15.0. The molecule has 1 fully saturated rings. The summed E-state index contributed by atoms with van der Waals surface area (Å²) in [7, 11) is 0.379. The molecule has 0 aliphatic carbocycles. The molecule has 4 rings (SSSR count). The van der Waals surface area contributed by atoms with E-state index in [-0.39, 0.29) is 17.4 Å². The second-order valence-corrected chi connectivity index (χ2v) is 9.07. The number of benzene rings is 2. The molecule has 6 nitrogen and oxygen atoms in total. The number of rotatable bonds is 6. The number of carbonyl (C=O) groups is 1. The van der Waals surface area contributed by atoms with Crippen LogP contribution < -0.4 is 9.64 Å². The summed E-state index contributed by atoms with van der Waals surface area (Å²) in [5.41, 5.74) is 1.11. The first-order valence-corrected chi connectivity index (χ1v) is 11.6. The number of hydrogen-bond donors (Lipinski definition) is 0. The molecule has 0 bridgehead atoms. The van der Waals surface area contributed by atoms with Crippen molar-refractivity contribution in [1.29, 1.82) is 0 Å². The largest absolute Gasteiger partial charge is 0.497 e. The van der Waals surface area contributed by atoms with Gasteiger partial charge in [-0.05, 0) is 60.7 Å². The molecule has 2 heterocycles. The number of piperazine rings is 1. The molecule has 1 aromatic heterocycles. The molecule has 8 heteroatoms. The average Bonchev–Trinajstić information content (AvgIpc) is 3.27. The van der Waals surface area contributed by atoms with Gasteiger partial charge in [-0.25, -0.2) is 0 Å². The standard InChI is InChI=1S/C23H23ClN2O4S/c1-29-19-6-4-18(5-7-19)25-12-14-26(15-13-25)23(27)22-11-8-20(30-22)16-31(28)21-9-2-17(24)3-10-21/h2-11H,12-16H2,1H3. The number of ether oxygens (including phenoxy) is 1. The lowest BCUT2D eigenvalue weighted by atomic mass is 10.2. The van der Waals surface area contributed by atoms with Gasteiger partial charge < -0.3 is 19.0 Å². The summed E-state index contributed by atoms with van der Waals surface area (Å²) in [6.07, 6.45) is 0. The van der Waals surface area contributed by atoms with Gasteiger partial charge in [0.05, 0.1) is 23.7 Å². The highest BCUT2D eigenvalue weighted by Gasteiger charge is 2.24. The summed E-state index contributed by atoms with van der Waals surface area (Å²) in [6, 6.07) is 18.2. The van der Waals surface area contributed by atoms with Crippen molar-refractivity contribution < 1.29 is 18.2 Å². The van der Waals surface area contributed by atoms with Crippen LogP contribution >= 0.6 is 11.6 Å². The van der Waals surface area contributed by atoms with Gasteiger partial charge in [0.25, 0.3) is 5.91 Å². The number of furan rings is 1. The Morgan fingerprint density at radius 1 is 1.00 bits per heavy atom. The molecule has 1 amide bonds. The van der Waals surface area contributed by atoms with Crippen LogP contribution in [0.2, 0.25) is 5.02 Å². The minimum atomic E-state index is -1.27. The van der Waals surface area contributed by atoms with E-state index < -0.39 is 10.8 Å². The molecule has 2 aromatic carbocycles. The predicted octanol–water partition coefficient (Wildman–Crippen LogP) is 4.21. The van der Waals surface area contributed by atoms with E-state index in [1.54, 1.807) is 48.4 Å². The molecular weight excluding hydrogens is 436 g/mol. The van der Waals surface area contributed by atoms with Gasteiger partial charge in [0.15, 0.2) is 5.76 Å². The second-order valence-electron chi connectivity index (χ2n) is 7.19. The Bertz CT molecular complexity index is 1060. The second kappa shape index (κ2) is 9.58. The fraction of sp³-hybridized carbons (Fsp3) is 0.261. The van der Waals surface area contributed by atoms with Crippen LogP contribution in [0.5, 0.6) is 5.75 Å². The van der Waals surface area contributed by atoms with E-state index in [9.17, 15) is 9.00 Å². The maximum atomic E-state index is 12.8. The van der Waals surface area contributed by atoms with Gasteiger partial charge >= 0.3 is 0 Å². The van der Waals surface area contributed by atoms with Crippen LogP contribution in [0.4, 0.5) is 5.69 Å². The van der Waals surface area contributed by atoms with E-state index in [4.69, 9.17) is 20.8 Å². The maximum absolute atomic E-state index is 12.8. The average molecular weight is 459 g/mol. The molecule has 0 saturated carbocycles. The molecule has 0 radical (unpaired) electrons. The molecule has 31 heavy (non-hydrogen) atoms. The summed E-state index contributed by atoms with van der Waals surface area (Å²) in [4.78, 5) is 17.5. The first kappa shape index (κ1) is 21.5. The number of carbonyl (C=O) groups excluding carboxylic acids is 1. The fourth-order valence-electron chi connectivity index (χ4n) is 3.49. The molecule has 1 unspecified atom stereocenters. The van der Waals surface area contributed by atoms with Crippen LogP contribution in [0.15, 0.2) is 70.0 Å². The third-order valence-electron chi connectivity index (χ3n) is 5.23. The van der Waals surface area contributed by atoms with Crippen molar-refractivity contribution in [3.63, 3.8) is 0 Å². The Labute approximate surface area is 188 Å². The van der Waals surface area contributed by atoms with E-state index in [2.05, 4.69) is 4.90 Å². The number of methoxy groups -OCH3 is 1. The van der Waals surface area contributed by atoms with Gasteiger partial charge in [0.2, 0.25) is 0 Å². The Hall–Kier alpha value is -2.77. The number of anilines is 1. The molecule has 0 spiro atoms. The minimum Gasteiger partial charge on any atom is -0.497 e. The van der Waals surface area contributed by atoms with Crippen molar-refractivity contribution >= 4 is 34.0 Å². The fourth-order valence-corrected chi connectivity index (χ4v) is 4.63. The van der Waals surface area contributed by atoms with Gasteiger partial charge in [0.1, 0.15) is 11.5 Å². The van der Waals surface area contributed by atoms with Crippen LogP contribution in [-0.4, -0.2) is 48.3 Å². The van der Waals surface area contributed by atoms with Crippen molar-refractivity contribution in [1.82, 2.24) is 4.90 Å². The first-order valence-electron chi connectivity index (χ1n) is 9.94.